The third kappa shape index (κ3) is 5.83. The zero-order valence-corrected chi connectivity index (χ0v) is 14.9. The predicted octanol–water partition coefficient (Wildman–Crippen LogP) is 1.62. The second-order valence-corrected chi connectivity index (χ2v) is 6.63. The summed E-state index contributed by atoms with van der Waals surface area (Å²) in [5, 5.41) is 3.34. The van der Waals surface area contributed by atoms with Crippen LogP contribution in [0.25, 0.3) is 0 Å². The molecule has 3 N–H and O–H groups in total. The second kappa shape index (κ2) is 9.53. The van der Waals surface area contributed by atoms with Crippen molar-refractivity contribution in [2.24, 2.45) is 11.7 Å². The second-order valence-electron chi connectivity index (χ2n) is 6.19. The summed E-state index contributed by atoms with van der Waals surface area (Å²) in [6, 6.07) is 6.64. The van der Waals surface area contributed by atoms with Crippen LogP contribution in [-0.2, 0) is 9.59 Å². The summed E-state index contributed by atoms with van der Waals surface area (Å²) in [5.74, 6) is -0.422. The van der Waals surface area contributed by atoms with Gasteiger partial charge in [-0.3, -0.25) is 14.4 Å². The fourth-order valence-electron chi connectivity index (χ4n) is 2.92. The molecule has 1 aliphatic rings. The van der Waals surface area contributed by atoms with E-state index in [9.17, 15) is 14.4 Å². The molecular weight excluding hydrogens is 342 g/mol. The van der Waals surface area contributed by atoms with E-state index < -0.39 is 0 Å². The standard InChI is InChI=1S/C18H24ClN3O3/c19-15-5-3-13(4-6-15)16(23)7-8-17(24)22-11-1-2-14(12-22)18(25)21-10-9-20/h3-6,14H,1-2,7-12,20H2,(H,21,25). The molecule has 6 nitrogen and oxygen atoms in total. The molecule has 1 saturated heterocycles. The lowest BCUT2D eigenvalue weighted by Gasteiger charge is -2.32. The zero-order chi connectivity index (χ0) is 18.2. The van der Waals surface area contributed by atoms with Crippen LogP contribution in [0.5, 0.6) is 0 Å². The lowest BCUT2D eigenvalue weighted by atomic mass is 9.96. The highest BCUT2D eigenvalue weighted by Crippen LogP contribution is 2.18. The van der Waals surface area contributed by atoms with Gasteiger partial charge in [-0.05, 0) is 37.1 Å². The van der Waals surface area contributed by atoms with Crippen LogP contribution in [0.1, 0.15) is 36.0 Å². The third-order valence-electron chi connectivity index (χ3n) is 4.32. The number of likely N-dealkylation sites (tertiary alicyclic amines) is 1. The largest absolute Gasteiger partial charge is 0.355 e. The number of rotatable bonds is 7. The Kier molecular flexibility index (Phi) is 7.40. The van der Waals surface area contributed by atoms with Gasteiger partial charge in [-0.1, -0.05) is 11.6 Å². The summed E-state index contributed by atoms with van der Waals surface area (Å²) < 4.78 is 0. The third-order valence-corrected chi connectivity index (χ3v) is 4.57. The Balaban J connectivity index is 1.82. The van der Waals surface area contributed by atoms with Crippen LogP contribution in [0.4, 0.5) is 0 Å². The number of nitrogens with one attached hydrogen (secondary N) is 1. The number of nitrogens with zero attached hydrogens (tertiary/aromatic N) is 1. The van der Waals surface area contributed by atoms with Crippen molar-refractivity contribution >= 4 is 29.2 Å². The molecule has 7 heteroatoms. The maximum atomic E-state index is 12.4. The van der Waals surface area contributed by atoms with Crippen LogP contribution in [-0.4, -0.2) is 48.7 Å². The van der Waals surface area contributed by atoms with Crippen molar-refractivity contribution < 1.29 is 14.4 Å². The van der Waals surface area contributed by atoms with Crippen LogP contribution in [0.2, 0.25) is 5.02 Å². The van der Waals surface area contributed by atoms with Gasteiger partial charge in [0.2, 0.25) is 11.8 Å². The number of ketones is 1. The molecule has 1 aromatic rings. The normalized spacial score (nSPS) is 17.2. The molecule has 136 valence electrons. The predicted molar refractivity (Wildman–Crippen MR) is 96.4 cm³/mol. The molecule has 1 unspecified atom stereocenters. The minimum absolute atomic E-state index is 0.0554. The first-order valence-electron chi connectivity index (χ1n) is 8.55. The average molecular weight is 366 g/mol. The molecule has 1 atom stereocenters. The summed E-state index contributed by atoms with van der Waals surface area (Å²) in [5.41, 5.74) is 5.94. The highest BCUT2D eigenvalue weighted by Gasteiger charge is 2.28. The van der Waals surface area contributed by atoms with Crippen molar-refractivity contribution in [3.63, 3.8) is 0 Å². The van der Waals surface area contributed by atoms with Crippen molar-refractivity contribution in [1.82, 2.24) is 10.2 Å². The number of hydrogen-bond acceptors (Lipinski definition) is 4. The number of amides is 2. The van der Waals surface area contributed by atoms with Gasteiger partial charge in [-0.15, -0.1) is 0 Å². The van der Waals surface area contributed by atoms with Gasteiger partial charge in [0, 0.05) is 49.6 Å². The van der Waals surface area contributed by atoms with E-state index in [0.717, 1.165) is 12.8 Å². The minimum Gasteiger partial charge on any atom is -0.355 e. The van der Waals surface area contributed by atoms with Crippen molar-refractivity contribution in [2.45, 2.75) is 25.7 Å². The smallest absolute Gasteiger partial charge is 0.224 e. The number of halogens is 1. The molecule has 1 aliphatic heterocycles. The fourth-order valence-corrected chi connectivity index (χ4v) is 3.04. The Morgan fingerprint density at radius 2 is 1.92 bits per heavy atom. The van der Waals surface area contributed by atoms with Crippen LogP contribution >= 0.6 is 11.6 Å². The van der Waals surface area contributed by atoms with E-state index in [1.54, 1.807) is 29.2 Å². The Hall–Kier alpha value is -1.92. The van der Waals surface area contributed by atoms with E-state index in [-0.39, 0.29) is 36.4 Å². The van der Waals surface area contributed by atoms with Crippen molar-refractivity contribution in [2.75, 3.05) is 26.2 Å². The maximum absolute atomic E-state index is 12.4. The number of carbonyl (C=O) groups excluding carboxylic acids is 3. The molecule has 0 bridgehead atoms. The van der Waals surface area contributed by atoms with E-state index in [4.69, 9.17) is 17.3 Å². The number of benzene rings is 1. The summed E-state index contributed by atoms with van der Waals surface area (Å²) in [7, 11) is 0. The number of hydrogen-bond donors (Lipinski definition) is 2. The summed E-state index contributed by atoms with van der Waals surface area (Å²) >= 11 is 5.80. The molecule has 0 aromatic heterocycles. The Morgan fingerprint density at radius 3 is 2.60 bits per heavy atom. The highest BCUT2D eigenvalue weighted by atomic mass is 35.5. The number of nitrogens with two attached hydrogens (primary N) is 1. The van der Waals surface area contributed by atoms with Gasteiger partial charge in [0.1, 0.15) is 0 Å². The lowest BCUT2D eigenvalue weighted by Crippen LogP contribution is -2.46. The quantitative estimate of drug-likeness (QED) is 0.718. The van der Waals surface area contributed by atoms with E-state index in [0.29, 0.717) is 36.8 Å². The lowest BCUT2D eigenvalue weighted by molar-refractivity contribution is -0.135. The Labute approximate surface area is 152 Å². The fraction of sp³-hybridized carbons (Fsp3) is 0.500. The molecule has 2 rings (SSSR count). The molecule has 0 aliphatic carbocycles. The average Bonchev–Trinajstić information content (AvgIpc) is 2.64. The molecule has 2 amide bonds. The van der Waals surface area contributed by atoms with Crippen molar-refractivity contribution in [3.05, 3.63) is 34.9 Å². The summed E-state index contributed by atoms with van der Waals surface area (Å²) in [6.07, 6.45) is 1.86. The van der Waals surface area contributed by atoms with Gasteiger partial charge in [0.25, 0.3) is 0 Å². The molecule has 25 heavy (non-hydrogen) atoms. The van der Waals surface area contributed by atoms with Gasteiger partial charge in [0.15, 0.2) is 5.78 Å². The molecule has 1 fully saturated rings. The topological polar surface area (TPSA) is 92.5 Å². The summed E-state index contributed by atoms with van der Waals surface area (Å²) in [6.45, 7) is 1.88. The van der Waals surface area contributed by atoms with Crippen molar-refractivity contribution in [3.8, 4) is 0 Å². The minimum atomic E-state index is -0.198. The maximum Gasteiger partial charge on any atom is 0.224 e. The van der Waals surface area contributed by atoms with Gasteiger partial charge in [-0.25, -0.2) is 0 Å². The van der Waals surface area contributed by atoms with Crippen molar-refractivity contribution in [1.29, 1.82) is 0 Å². The number of Topliss-reactive ketones (excluding diaryl/α,β-unsaturated/α-hetero) is 1. The van der Waals surface area contributed by atoms with Crippen LogP contribution in [0.3, 0.4) is 0 Å². The molecular formula is C18H24ClN3O3. The Morgan fingerprint density at radius 1 is 1.20 bits per heavy atom. The van der Waals surface area contributed by atoms with E-state index in [1.165, 1.54) is 0 Å². The first-order chi connectivity index (χ1) is 12.0. The monoisotopic (exact) mass is 365 g/mol. The summed E-state index contributed by atoms with van der Waals surface area (Å²) in [4.78, 5) is 38.2. The molecule has 0 radical (unpaired) electrons. The first kappa shape index (κ1) is 19.4. The zero-order valence-electron chi connectivity index (χ0n) is 14.2. The van der Waals surface area contributed by atoms with Gasteiger partial charge >= 0.3 is 0 Å². The van der Waals surface area contributed by atoms with Gasteiger partial charge in [-0.2, -0.15) is 0 Å². The molecule has 0 saturated carbocycles. The van der Waals surface area contributed by atoms with E-state index >= 15 is 0 Å². The SMILES string of the molecule is NCCNC(=O)C1CCCN(C(=O)CCC(=O)c2ccc(Cl)cc2)C1. The van der Waals surface area contributed by atoms with E-state index in [2.05, 4.69) is 5.32 Å². The molecule has 1 aromatic carbocycles. The number of carbonyl (C=O) groups is 3. The number of piperidine rings is 1. The first-order valence-corrected chi connectivity index (χ1v) is 8.93. The molecule has 0 spiro atoms. The highest BCUT2D eigenvalue weighted by molar-refractivity contribution is 6.30. The van der Waals surface area contributed by atoms with Crippen LogP contribution in [0.15, 0.2) is 24.3 Å². The Bertz CT molecular complexity index is 618. The van der Waals surface area contributed by atoms with E-state index in [1.807, 2.05) is 0 Å². The molecule has 1 heterocycles. The van der Waals surface area contributed by atoms with Gasteiger partial charge in [0.05, 0.1) is 5.92 Å². The van der Waals surface area contributed by atoms with Gasteiger partial charge < -0.3 is 16.0 Å². The van der Waals surface area contributed by atoms with Crippen LogP contribution in [0, 0.1) is 5.92 Å². The van der Waals surface area contributed by atoms with Crippen LogP contribution < -0.4 is 11.1 Å².